The zero-order valence-corrected chi connectivity index (χ0v) is 10.1. The molecular weight excluding hydrogens is 242 g/mol. The second-order valence-electron chi connectivity index (χ2n) is 4.12. The first-order valence-electron chi connectivity index (χ1n) is 5.62. The minimum absolute atomic E-state index is 0.255. The van der Waals surface area contributed by atoms with Crippen LogP contribution in [0.5, 0.6) is 0 Å². The first-order valence-corrected chi connectivity index (χ1v) is 5.62. The number of hydrogen-bond acceptors (Lipinski definition) is 4. The molecule has 0 radical (unpaired) electrons. The summed E-state index contributed by atoms with van der Waals surface area (Å²) in [5.41, 5.74) is 2.54. The minimum atomic E-state index is -0.255. The Balaban J connectivity index is 2.25. The largest absolute Gasteiger partial charge is 0.326 e. The highest BCUT2D eigenvalue weighted by atomic mass is 16.1. The predicted molar refractivity (Wildman–Crippen MR) is 69.3 cm³/mol. The molecule has 2 aromatic heterocycles. The molecule has 6 heteroatoms. The van der Waals surface area contributed by atoms with Crippen molar-refractivity contribution in [3.63, 3.8) is 0 Å². The van der Waals surface area contributed by atoms with Gasteiger partial charge in [-0.3, -0.25) is 4.79 Å². The van der Waals surface area contributed by atoms with Gasteiger partial charge in [-0.15, -0.1) is 0 Å². The van der Waals surface area contributed by atoms with Crippen LogP contribution in [0.4, 0.5) is 0 Å². The van der Waals surface area contributed by atoms with E-state index in [9.17, 15) is 4.79 Å². The lowest BCUT2D eigenvalue weighted by atomic mass is 10.2. The van der Waals surface area contributed by atoms with Gasteiger partial charge in [-0.25, -0.2) is 10.1 Å². The van der Waals surface area contributed by atoms with Crippen molar-refractivity contribution in [2.75, 3.05) is 0 Å². The highest BCUT2D eigenvalue weighted by Gasteiger charge is 2.11. The molecule has 1 N–H and O–H groups in total. The van der Waals surface area contributed by atoms with Gasteiger partial charge in [-0.2, -0.15) is 10.4 Å². The van der Waals surface area contributed by atoms with Crippen molar-refractivity contribution >= 4 is 11.0 Å². The molecule has 0 aliphatic rings. The van der Waals surface area contributed by atoms with Gasteiger partial charge in [0.1, 0.15) is 5.69 Å². The number of fused-ring (bicyclic) bond motifs is 1. The standard InChI is InChI=1S/C13H9N5O/c1-18-11-6-8(7-14)2-3-9(11)15-13(18)10-4-5-12(19)17-16-10/h2-6H,1H3,(H,17,19). The fourth-order valence-corrected chi connectivity index (χ4v) is 1.96. The van der Waals surface area contributed by atoms with Crippen molar-refractivity contribution in [2.45, 2.75) is 0 Å². The SMILES string of the molecule is Cn1c(-c2ccc(=O)[nH]n2)nc2ccc(C#N)cc21. The van der Waals surface area contributed by atoms with E-state index in [0.29, 0.717) is 17.1 Å². The molecule has 0 saturated heterocycles. The van der Waals surface area contributed by atoms with E-state index in [4.69, 9.17) is 5.26 Å². The molecule has 3 rings (SSSR count). The van der Waals surface area contributed by atoms with Crippen LogP contribution in [0.15, 0.2) is 35.1 Å². The Hall–Kier alpha value is -2.94. The van der Waals surface area contributed by atoms with E-state index in [2.05, 4.69) is 21.3 Å². The van der Waals surface area contributed by atoms with Crippen LogP contribution < -0.4 is 5.56 Å². The molecule has 0 fully saturated rings. The third kappa shape index (κ3) is 1.77. The minimum Gasteiger partial charge on any atom is -0.326 e. The molecule has 0 aliphatic carbocycles. The van der Waals surface area contributed by atoms with Crippen molar-refractivity contribution in [3.8, 4) is 17.6 Å². The molecule has 0 atom stereocenters. The van der Waals surface area contributed by atoms with Crippen LogP contribution in [0, 0.1) is 11.3 Å². The smallest absolute Gasteiger partial charge is 0.264 e. The van der Waals surface area contributed by atoms with Gasteiger partial charge in [-0.1, -0.05) is 0 Å². The maximum atomic E-state index is 11.0. The number of hydrogen-bond donors (Lipinski definition) is 1. The quantitative estimate of drug-likeness (QED) is 0.703. The second kappa shape index (κ2) is 4.07. The summed E-state index contributed by atoms with van der Waals surface area (Å²) < 4.78 is 1.84. The first kappa shape index (κ1) is 11.2. The maximum absolute atomic E-state index is 11.0. The van der Waals surface area contributed by atoms with Gasteiger partial charge < -0.3 is 4.57 Å². The van der Waals surface area contributed by atoms with Crippen LogP contribution in [0.1, 0.15) is 5.56 Å². The molecule has 2 heterocycles. The molecule has 0 bridgehead atoms. The van der Waals surface area contributed by atoms with E-state index in [1.807, 2.05) is 11.6 Å². The van der Waals surface area contributed by atoms with Gasteiger partial charge in [-0.05, 0) is 24.3 Å². The highest BCUT2D eigenvalue weighted by molar-refractivity contribution is 5.81. The highest BCUT2D eigenvalue weighted by Crippen LogP contribution is 2.22. The van der Waals surface area contributed by atoms with Gasteiger partial charge in [0, 0.05) is 13.1 Å². The fourth-order valence-electron chi connectivity index (χ4n) is 1.96. The maximum Gasteiger partial charge on any atom is 0.264 e. The Morgan fingerprint density at radius 2 is 2.16 bits per heavy atom. The van der Waals surface area contributed by atoms with E-state index in [1.54, 1.807) is 24.3 Å². The fraction of sp³-hybridized carbons (Fsp3) is 0.0769. The molecule has 0 amide bonds. The number of H-pyrrole nitrogens is 1. The van der Waals surface area contributed by atoms with E-state index in [-0.39, 0.29) is 5.56 Å². The monoisotopic (exact) mass is 251 g/mol. The number of aryl methyl sites for hydroxylation is 1. The number of aromatic nitrogens is 4. The summed E-state index contributed by atoms with van der Waals surface area (Å²) in [5, 5.41) is 15.3. The first-order chi connectivity index (χ1) is 9.19. The number of nitrogens with zero attached hydrogens (tertiary/aromatic N) is 4. The van der Waals surface area contributed by atoms with Crippen LogP contribution >= 0.6 is 0 Å². The van der Waals surface area contributed by atoms with E-state index < -0.39 is 0 Å². The second-order valence-corrected chi connectivity index (χ2v) is 4.12. The van der Waals surface area contributed by atoms with Crippen LogP contribution in [-0.2, 0) is 7.05 Å². The van der Waals surface area contributed by atoms with E-state index >= 15 is 0 Å². The molecule has 0 aliphatic heterocycles. The zero-order valence-electron chi connectivity index (χ0n) is 10.1. The summed E-state index contributed by atoms with van der Waals surface area (Å²) in [6.45, 7) is 0. The van der Waals surface area contributed by atoms with Crippen molar-refractivity contribution in [3.05, 3.63) is 46.2 Å². The van der Waals surface area contributed by atoms with Crippen molar-refractivity contribution in [1.82, 2.24) is 19.7 Å². The number of nitriles is 1. The third-order valence-corrected chi connectivity index (χ3v) is 2.92. The number of nitrogens with one attached hydrogen (secondary N) is 1. The van der Waals surface area contributed by atoms with Crippen molar-refractivity contribution in [2.24, 2.45) is 7.05 Å². The Morgan fingerprint density at radius 1 is 1.32 bits per heavy atom. The van der Waals surface area contributed by atoms with Gasteiger partial charge in [0.15, 0.2) is 5.82 Å². The molecule has 6 nitrogen and oxygen atoms in total. The lowest BCUT2D eigenvalue weighted by Gasteiger charge is -2.00. The summed E-state index contributed by atoms with van der Waals surface area (Å²) >= 11 is 0. The summed E-state index contributed by atoms with van der Waals surface area (Å²) in [4.78, 5) is 15.5. The Labute approximate surface area is 108 Å². The normalized spacial score (nSPS) is 10.5. The van der Waals surface area contributed by atoms with Crippen LogP contribution in [0.25, 0.3) is 22.6 Å². The van der Waals surface area contributed by atoms with Crippen LogP contribution in [-0.4, -0.2) is 19.7 Å². The van der Waals surface area contributed by atoms with E-state index in [1.165, 1.54) is 6.07 Å². The number of aromatic amines is 1. The number of rotatable bonds is 1. The van der Waals surface area contributed by atoms with E-state index in [0.717, 1.165) is 11.0 Å². The van der Waals surface area contributed by atoms with Gasteiger partial charge in [0.2, 0.25) is 0 Å². The Kier molecular flexibility index (Phi) is 2.39. The number of benzene rings is 1. The Bertz CT molecular complexity index is 848. The molecule has 0 saturated carbocycles. The lowest BCUT2D eigenvalue weighted by molar-refractivity contribution is 0.920. The van der Waals surface area contributed by atoms with Gasteiger partial charge in [0.05, 0.1) is 22.7 Å². The van der Waals surface area contributed by atoms with Crippen molar-refractivity contribution < 1.29 is 0 Å². The summed E-state index contributed by atoms with van der Waals surface area (Å²) in [5.74, 6) is 0.640. The number of imidazole rings is 1. The average Bonchev–Trinajstić information content (AvgIpc) is 2.76. The van der Waals surface area contributed by atoms with Crippen LogP contribution in [0.3, 0.4) is 0 Å². The molecular formula is C13H9N5O. The predicted octanol–water partition coefficient (Wildman–Crippen LogP) is 1.20. The summed E-state index contributed by atoms with van der Waals surface area (Å²) in [7, 11) is 1.85. The van der Waals surface area contributed by atoms with Gasteiger partial charge >= 0.3 is 0 Å². The van der Waals surface area contributed by atoms with Crippen LogP contribution in [0.2, 0.25) is 0 Å². The van der Waals surface area contributed by atoms with Gasteiger partial charge in [0.25, 0.3) is 5.56 Å². The molecule has 0 unspecified atom stereocenters. The molecule has 19 heavy (non-hydrogen) atoms. The lowest BCUT2D eigenvalue weighted by Crippen LogP contribution is -2.07. The molecule has 3 aromatic rings. The third-order valence-electron chi connectivity index (χ3n) is 2.92. The van der Waals surface area contributed by atoms with Crippen molar-refractivity contribution in [1.29, 1.82) is 5.26 Å². The zero-order chi connectivity index (χ0) is 13.4. The molecule has 0 spiro atoms. The Morgan fingerprint density at radius 3 is 2.84 bits per heavy atom. The molecule has 92 valence electrons. The molecule has 1 aromatic carbocycles. The summed E-state index contributed by atoms with van der Waals surface area (Å²) in [6, 6.07) is 10.4. The summed E-state index contributed by atoms with van der Waals surface area (Å²) in [6.07, 6.45) is 0. The topological polar surface area (TPSA) is 87.4 Å². The average molecular weight is 251 g/mol.